The molecule has 3 aromatic rings. The van der Waals surface area contributed by atoms with Crippen molar-refractivity contribution < 1.29 is 9.32 Å². The number of carbonyl (C=O) groups excluding carboxylic acids is 1. The molecule has 0 unspecified atom stereocenters. The van der Waals surface area contributed by atoms with E-state index >= 15 is 0 Å². The van der Waals surface area contributed by atoms with Crippen molar-refractivity contribution in [3.8, 4) is 11.3 Å². The molecule has 0 N–H and O–H groups in total. The molecule has 2 heterocycles. The van der Waals surface area contributed by atoms with Crippen molar-refractivity contribution in [1.29, 1.82) is 0 Å². The lowest BCUT2D eigenvalue weighted by atomic mass is 10.1. The van der Waals surface area contributed by atoms with Gasteiger partial charge in [-0.3, -0.25) is 9.69 Å². The summed E-state index contributed by atoms with van der Waals surface area (Å²) in [6.07, 6.45) is 0.945. The summed E-state index contributed by atoms with van der Waals surface area (Å²) in [5.74, 6) is 0.492. The molecule has 144 valence electrons. The van der Waals surface area contributed by atoms with E-state index in [2.05, 4.69) is 34.3 Å². The van der Waals surface area contributed by atoms with Crippen LogP contribution in [0.15, 0.2) is 65.2 Å². The van der Waals surface area contributed by atoms with Crippen LogP contribution in [-0.2, 0) is 6.54 Å². The first kappa shape index (κ1) is 18.7. The van der Waals surface area contributed by atoms with Gasteiger partial charge >= 0.3 is 0 Å². The highest BCUT2D eigenvalue weighted by molar-refractivity contribution is 6.30. The van der Waals surface area contributed by atoms with Crippen molar-refractivity contribution in [3.63, 3.8) is 0 Å². The summed E-state index contributed by atoms with van der Waals surface area (Å²) in [5.41, 5.74) is 2.49. The molecule has 1 aliphatic rings. The molecule has 5 nitrogen and oxygen atoms in total. The summed E-state index contributed by atoms with van der Waals surface area (Å²) in [6, 6.07) is 19.4. The number of hydrogen-bond donors (Lipinski definition) is 0. The molecule has 28 heavy (non-hydrogen) atoms. The van der Waals surface area contributed by atoms with E-state index in [4.69, 9.17) is 16.1 Å². The van der Waals surface area contributed by atoms with Crippen molar-refractivity contribution in [2.24, 2.45) is 0 Å². The van der Waals surface area contributed by atoms with Crippen LogP contribution in [0.2, 0.25) is 5.02 Å². The van der Waals surface area contributed by atoms with Crippen LogP contribution in [0.5, 0.6) is 0 Å². The minimum Gasteiger partial charge on any atom is -0.355 e. The Bertz CT molecular complexity index is 924. The standard InChI is InChI=1S/C22H22ClN3O2/c23-19-9-7-18(8-10-19)21-15-20(24-28-21)22(27)26-12-4-11-25(13-14-26)16-17-5-2-1-3-6-17/h1-3,5-10,15H,4,11-14,16H2. The second kappa shape index (κ2) is 8.59. The Balaban J connectivity index is 1.39. The number of aromatic nitrogens is 1. The number of amides is 1. The Hall–Kier alpha value is -2.63. The first-order valence-corrected chi connectivity index (χ1v) is 9.85. The molecule has 0 atom stereocenters. The van der Waals surface area contributed by atoms with Crippen molar-refractivity contribution >= 4 is 17.5 Å². The van der Waals surface area contributed by atoms with Gasteiger partial charge in [-0.2, -0.15) is 0 Å². The van der Waals surface area contributed by atoms with Crippen LogP contribution < -0.4 is 0 Å². The smallest absolute Gasteiger partial charge is 0.276 e. The Morgan fingerprint density at radius 2 is 1.79 bits per heavy atom. The highest BCUT2D eigenvalue weighted by Crippen LogP contribution is 2.23. The molecule has 0 radical (unpaired) electrons. The Labute approximate surface area is 169 Å². The maximum absolute atomic E-state index is 12.9. The molecule has 1 amide bonds. The van der Waals surface area contributed by atoms with Crippen LogP contribution in [0.1, 0.15) is 22.5 Å². The largest absolute Gasteiger partial charge is 0.355 e. The van der Waals surface area contributed by atoms with E-state index in [9.17, 15) is 4.79 Å². The maximum Gasteiger partial charge on any atom is 0.276 e. The first-order valence-electron chi connectivity index (χ1n) is 9.47. The molecule has 1 aromatic heterocycles. The third-order valence-corrected chi connectivity index (χ3v) is 5.23. The minimum atomic E-state index is -0.0782. The fourth-order valence-electron chi connectivity index (χ4n) is 3.46. The maximum atomic E-state index is 12.9. The molecule has 4 rings (SSSR count). The zero-order valence-corrected chi connectivity index (χ0v) is 16.3. The van der Waals surface area contributed by atoms with Gasteiger partial charge in [0.2, 0.25) is 0 Å². The second-order valence-corrected chi connectivity index (χ2v) is 7.43. The number of carbonyl (C=O) groups is 1. The normalized spacial score (nSPS) is 15.4. The molecule has 1 fully saturated rings. The number of hydrogen-bond acceptors (Lipinski definition) is 4. The van der Waals surface area contributed by atoms with Crippen LogP contribution >= 0.6 is 11.6 Å². The molecule has 1 saturated heterocycles. The van der Waals surface area contributed by atoms with E-state index in [1.54, 1.807) is 18.2 Å². The highest BCUT2D eigenvalue weighted by atomic mass is 35.5. The highest BCUT2D eigenvalue weighted by Gasteiger charge is 2.23. The van der Waals surface area contributed by atoms with Crippen LogP contribution in [0.4, 0.5) is 0 Å². The van der Waals surface area contributed by atoms with Crippen LogP contribution in [-0.4, -0.2) is 47.0 Å². The zero-order chi connectivity index (χ0) is 19.3. The molecule has 0 spiro atoms. The second-order valence-electron chi connectivity index (χ2n) is 6.99. The van der Waals surface area contributed by atoms with Crippen molar-refractivity contribution in [1.82, 2.24) is 15.0 Å². The predicted molar refractivity (Wildman–Crippen MR) is 109 cm³/mol. The van der Waals surface area contributed by atoms with Gasteiger partial charge in [-0.15, -0.1) is 0 Å². The molecule has 0 saturated carbocycles. The molecule has 0 bridgehead atoms. The number of rotatable bonds is 4. The number of halogens is 1. The SMILES string of the molecule is O=C(c1cc(-c2ccc(Cl)cc2)on1)N1CCCN(Cc2ccccc2)CC1. The Morgan fingerprint density at radius 3 is 2.57 bits per heavy atom. The van der Waals surface area contributed by atoms with Gasteiger partial charge in [0.1, 0.15) is 0 Å². The fraction of sp³-hybridized carbons (Fsp3) is 0.273. The van der Waals surface area contributed by atoms with Gasteiger partial charge in [-0.1, -0.05) is 47.1 Å². The summed E-state index contributed by atoms with van der Waals surface area (Å²) in [7, 11) is 0. The summed E-state index contributed by atoms with van der Waals surface area (Å²) in [6.45, 7) is 4.16. The van der Waals surface area contributed by atoms with Gasteiger partial charge in [0, 0.05) is 49.4 Å². The molecule has 1 aliphatic heterocycles. The topological polar surface area (TPSA) is 49.6 Å². The lowest BCUT2D eigenvalue weighted by Gasteiger charge is -2.21. The van der Waals surface area contributed by atoms with E-state index in [0.717, 1.165) is 38.2 Å². The van der Waals surface area contributed by atoms with Crippen LogP contribution in [0, 0.1) is 0 Å². The molecule has 6 heteroatoms. The van der Waals surface area contributed by atoms with Gasteiger partial charge in [0.15, 0.2) is 11.5 Å². The number of benzene rings is 2. The van der Waals surface area contributed by atoms with Crippen LogP contribution in [0.3, 0.4) is 0 Å². The summed E-state index contributed by atoms with van der Waals surface area (Å²) in [4.78, 5) is 17.1. The van der Waals surface area contributed by atoms with Gasteiger partial charge in [0.25, 0.3) is 5.91 Å². The minimum absolute atomic E-state index is 0.0782. The van der Waals surface area contributed by atoms with Gasteiger partial charge in [-0.05, 0) is 36.2 Å². The van der Waals surface area contributed by atoms with Crippen molar-refractivity contribution in [2.75, 3.05) is 26.2 Å². The lowest BCUT2D eigenvalue weighted by Crippen LogP contribution is -2.35. The molecular weight excluding hydrogens is 374 g/mol. The van der Waals surface area contributed by atoms with Gasteiger partial charge in [-0.25, -0.2) is 0 Å². The van der Waals surface area contributed by atoms with Crippen molar-refractivity contribution in [2.45, 2.75) is 13.0 Å². The molecule has 0 aliphatic carbocycles. The van der Waals surface area contributed by atoms with Gasteiger partial charge < -0.3 is 9.42 Å². The van der Waals surface area contributed by atoms with Crippen LogP contribution in [0.25, 0.3) is 11.3 Å². The van der Waals surface area contributed by atoms with E-state index in [-0.39, 0.29) is 5.91 Å². The monoisotopic (exact) mass is 395 g/mol. The first-order chi connectivity index (χ1) is 13.7. The van der Waals surface area contributed by atoms with E-state index < -0.39 is 0 Å². The van der Waals surface area contributed by atoms with Gasteiger partial charge in [0.05, 0.1) is 0 Å². The molecule has 2 aromatic carbocycles. The fourth-order valence-corrected chi connectivity index (χ4v) is 3.59. The Kier molecular flexibility index (Phi) is 5.74. The number of nitrogens with zero attached hydrogens (tertiary/aromatic N) is 3. The lowest BCUT2D eigenvalue weighted by molar-refractivity contribution is 0.0751. The third kappa shape index (κ3) is 4.43. The molecular formula is C22H22ClN3O2. The van der Waals surface area contributed by atoms with E-state index in [1.807, 2.05) is 23.1 Å². The zero-order valence-electron chi connectivity index (χ0n) is 15.6. The summed E-state index contributed by atoms with van der Waals surface area (Å²) < 4.78 is 5.38. The Morgan fingerprint density at radius 1 is 1.00 bits per heavy atom. The summed E-state index contributed by atoms with van der Waals surface area (Å²) in [5, 5.41) is 4.65. The van der Waals surface area contributed by atoms with E-state index in [1.165, 1.54) is 5.56 Å². The van der Waals surface area contributed by atoms with E-state index in [0.29, 0.717) is 23.0 Å². The summed E-state index contributed by atoms with van der Waals surface area (Å²) >= 11 is 5.92. The van der Waals surface area contributed by atoms with Crippen molar-refractivity contribution in [3.05, 3.63) is 76.9 Å². The predicted octanol–water partition coefficient (Wildman–Crippen LogP) is 4.34. The average molecular weight is 396 g/mol. The third-order valence-electron chi connectivity index (χ3n) is 4.98. The quantitative estimate of drug-likeness (QED) is 0.659. The average Bonchev–Trinajstić information content (AvgIpc) is 3.10.